The van der Waals surface area contributed by atoms with Crippen LogP contribution in [0.25, 0.3) is 0 Å². The van der Waals surface area contributed by atoms with Crippen LogP contribution >= 0.6 is 0 Å². The van der Waals surface area contributed by atoms with E-state index in [1.54, 1.807) is 13.0 Å². The Bertz CT molecular complexity index is 940. The zero-order valence-electron chi connectivity index (χ0n) is 14.6. The molecule has 0 aliphatic rings. The highest BCUT2D eigenvalue weighted by Gasteiger charge is 2.16. The molecular weight excluding hydrogens is 376 g/mol. The minimum Gasteiger partial charge on any atom is -0.358 e. The van der Waals surface area contributed by atoms with Crippen molar-refractivity contribution in [2.24, 2.45) is 5.73 Å². The molecule has 2 aromatic rings. The summed E-state index contributed by atoms with van der Waals surface area (Å²) in [6.45, 7) is 2.08. The molecule has 4 N–H and O–H groups in total. The van der Waals surface area contributed by atoms with Gasteiger partial charge in [0.25, 0.3) is 0 Å². The lowest BCUT2D eigenvalue weighted by Gasteiger charge is -2.09. The maximum absolute atomic E-state index is 12.1. The summed E-state index contributed by atoms with van der Waals surface area (Å²) in [4.78, 5) is 26.0. The molecule has 0 unspecified atom stereocenters. The highest BCUT2D eigenvalue weighted by Crippen LogP contribution is 2.16. The van der Waals surface area contributed by atoms with Gasteiger partial charge in [0.05, 0.1) is 4.90 Å². The Morgan fingerprint density at radius 3 is 2.78 bits per heavy atom. The molecule has 0 saturated heterocycles. The number of rotatable bonds is 9. The van der Waals surface area contributed by atoms with E-state index in [-0.39, 0.29) is 42.7 Å². The minimum atomic E-state index is -3.70. The zero-order valence-corrected chi connectivity index (χ0v) is 15.4. The van der Waals surface area contributed by atoms with Crippen LogP contribution in [0.1, 0.15) is 12.2 Å². The summed E-state index contributed by atoms with van der Waals surface area (Å²) in [5.74, 6) is -0.223. The Labute approximate surface area is 155 Å². The van der Waals surface area contributed by atoms with E-state index in [0.717, 1.165) is 0 Å². The number of nitrogens with one attached hydrogen (secondary N) is 2. The van der Waals surface area contributed by atoms with E-state index in [4.69, 9.17) is 5.73 Å². The molecule has 0 bridgehead atoms. The number of carbonyl (C=O) groups excluding carboxylic acids is 1. The number of benzene rings is 1. The third-order valence-corrected chi connectivity index (χ3v) is 5.05. The second kappa shape index (κ2) is 8.70. The van der Waals surface area contributed by atoms with Crippen LogP contribution < -0.4 is 15.8 Å². The average molecular weight is 396 g/mol. The Morgan fingerprint density at radius 1 is 1.41 bits per heavy atom. The van der Waals surface area contributed by atoms with Gasteiger partial charge in [-0.05, 0) is 28.1 Å². The van der Waals surface area contributed by atoms with Gasteiger partial charge in [-0.2, -0.15) is 0 Å². The number of aromatic nitrogens is 2. The number of nitro groups is 1. The number of amides is 1. The fourth-order valence-corrected chi connectivity index (χ4v) is 3.36. The number of imidazole rings is 1. The molecule has 1 amide bonds. The Hall–Kier alpha value is -2.83. The SMILES string of the molecule is Cc1nc([N+](=O)[O-])cn1CCC(=O)Nc1cccc(S(=O)(=O)NCCN)c1. The van der Waals surface area contributed by atoms with E-state index in [9.17, 15) is 23.3 Å². The van der Waals surface area contributed by atoms with Crippen LogP contribution in [0.5, 0.6) is 0 Å². The average Bonchev–Trinajstić information content (AvgIpc) is 3.00. The van der Waals surface area contributed by atoms with Gasteiger partial charge in [-0.1, -0.05) is 6.07 Å². The van der Waals surface area contributed by atoms with E-state index in [2.05, 4.69) is 15.0 Å². The molecule has 0 spiro atoms. The number of nitrogens with two attached hydrogens (primary N) is 1. The van der Waals surface area contributed by atoms with Crippen molar-refractivity contribution >= 4 is 27.4 Å². The smallest absolute Gasteiger partial charge is 0.358 e. The molecular formula is C15H20N6O5S. The van der Waals surface area contributed by atoms with Gasteiger partial charge in [0.1, 0.15) is 6.20 Å². The molecule has 2 rings (SSSR count). The summed E-state index contributed by atoms with van der Waals surface area (Å²) in [5.41, 5.74) is 5.61. The number of hydrogen-bond donors (Lipinski definition) is 3. The van der Waals surface area contributed by atoms with Crippen molar-refractivity contribution in [2.75, 3.05) is 18.4 Å². The van der Waals surface area contributed by atoms with Gasteiger partial charge in [-0.25, -0.2) is 13.1 Å². The largest absolute Gasteiger partial charge is 0.381 e. The van der Waals surface area contributed by atoms with Crippen LogP contribution in [-0.2, 0) is 21.4 Å². The Kier molecular flexibility index (Phi) is 6.60. The first-order valence-electron chi connectivity index (χ1n) is 8.01. The molecule has 0 aliphatic carbocycles. The van der Waals surface area contributed by atoms with Gasteiger partial charge in [0.15, 0.2) is 0 Å². The van der Waals surface area contributed by atoms with E-state index >= 15 is 0 Å². The van der Waals surface area contributed by atoms with Gasteiger partial charge in [-0.15, -0.1) is 0 Å². The molecule has 146 valence electrons. The molecule has 0 fully saturated rings. The predicted octanol–water partition coefficient (Wildman–Crippen LogP) is 0.366. The minimum absolute atomic E-state index is 0.00910. The molecule has 1 aromatic carbocycles. The quantitative estimate of drug-likeness (QED) is 0.407. The van der Waals surface area contributed by atoms with Crippen molar-refractivity contribution < 1.29 is 18.1 Å². The van der Waals surface area contributed by atoms with Gasteiger partial charge in [0, 0.05) is 38.7 Å². The third-order valence-electron chi connectivity index (χ3n) is 3.59. The topological polar surface area (TPSA) is 162 Å². The molecule has 12 heteroatoms. The summed E-state index contributed by atoms with van der Waals surface area (Å²) in [5, 5.41) is 13.3. The van der Waals surface area contributed by atoms with Crippen molar-refractivity contribution in [1.82, 2.24) is 14.3 Å². The van der Waals surface area contributed by atoms with Crippen LogP contribution in [0.4, 0.5) is 11.5 Å². The van der Waals surface area contributed by atoms with Gasteiger partial charge >= 0.3 is 5.82 Å². The first-order chi connectivity index (χ1) is 12.7. The fraction of sp³-hybridized carbons (Fsp3) is 0.333. The second-order valence-electron chi connectivity index (χ2n) is 5.61. The van der Waals surface area contributed by atoms with E-state index in [1.807, 2.05) is 0 Å². The fourth-order valence-electron chi connectivity index (χ4n) is 2.27. The molecule has 1 aromatic heterocycles. The summed E-state index contributed by atoms with van der Waals surface area (Å²) < 4.78 is 28.0. The van der Waals surface area contributed by atoms with Crippen molar-refractivity contribution in [3.63, 3.8) is 0 Å². The Morgan fingerprint density at radius 2 is 2.15 bits per heavy atom. The zero-order chi connectivity index (χ0) is 20.0. The lowest BCUT2D eigenvalue weighted by atomic mass is 10.3. The van der Waals surface area contributed by atoms with Gasteiger partial charge in [0.2, 0.25) is 21.8 Å². The van der Waals surface area contributed by atoms with Crippen LogP contribution in [0, 0.1) is 17.0 Å². The van der Waals surface area contributed by atoms with Gasteiger partial charge in [-0.3, -0.25) is 4.79 Å². The predicted molar refractivity (Wildman–Crippen MR) is 97.6 cm³/mol. The van der Waals surface area contributed by atoms with Gasteiger partial charge < -0.3 is 25.7 Å². The summed E-state index contributed by atoms with van der Waals surface area (Å²) >= 11 is 0. The normalized spacial score (nSPS) is 11.3. The first kappa shape index (κ1) is 20.5. The van der Waals surface area contributed by atoms with Crippen LogP contribution in [0.2, 0.25) is 0 Å². The number of sulfonamides is 1. The molecule has 1 heterocycles. The molecule has 0 radical (unpaired) electrons. The van der Waals surface area contributed by atoms with Crippen molar-refractivity contribution in [2.45, 2.75) is 24.8 Å². The van der Waals surface area contributed by atoms with Crippen LogP contribution in [0.3, 0.4) is 0 Å². The standard InChI is InChI=1S/C15H20N6O5S/c1-11-18-14(21(23)24)10-20(11)8-5-15(22)19-12-3-2-4-13(9-12)27(25,26)17-7-6-16/h2-4,9-10,17H,5-8,16H2,1H3,(H,19,22). The third kappa shape index (κ3) is 5.57. The van der Waals surface area contributed by atoms with Crippen molar-refractivity contribution in [1.29, 1.82) is 0 Å². The Balaban J connectivity index is 2.00. The number of nitrogens with zero attached hydrogens (tertiary/aromatic N) is 3. The first-order valence-corrected chi connectivity index (χ1v) is 9.49. The molecule has 27 heavy (non-hydrogen) atoms. The number of carbonyl (C=O) groups is 1. The number of aryl methyl sites for hydroxylation is 2. The highest BCUT2D eigenvalue weighted by atomic mass is 32.2. The number of anilines is 1. The maximum atomic E-state index is 12.1. The molecule has 11 nitrogen and oxygen atoms in total. The summed E-state index contributed by atoms with van der Waals surface area (Å²) in [6.07, 6.45) is 1.30. The maximum Gasteiger partial charge on any atom is 0.381 e. The number of hydrogen-bond acceptors (Lipinski definition) is 7. The molecule has 0 aliphatic heterocycles. The van der Waals surface area contributed by atoms with Crippen LogP contribution in [0.15, 0.2) is 35.4 Å². The van der Waals surface area contributed by atoms with Crippen molar-refractivity contribution in [3.05, 3.63) is 46.4 Å². The summed E-state index contributed by atoms with van der Waals surface area (Å²) in [6, 6.07) is 5.82. The summed E-state index contributed by atoms with van der Waals surface area (Å²) in [7, 11) is -3.70. The van der Waals surface area contributed by atoms with E-state index in [1.165, 1.54) is 29.0 Å². The molecule has 0 saturated carbocycles. The van der Waals surface area contributed by atoms with Crippen molar-refractivity contribution in [3.8, 4) is 0 Å². The van der Waals surface area contributed by atoms with E-state index < -0.39 is 14.9 Å². The highest BCUT2D eigenvalue weighted by molar-refractivity contribution is 7.89. The lowest BCUT2D eigenvalue weighted by molar-refractivity contribution is -0.389. The second-order valence-corrected chi connectivity index (χ2v) is 7.38. The lowest BCUT2D eigenvalue weighted by Crippen LogP contribution is -2.29. The monoisotopic (exact) mass is 396 g/mol. The van der Waals surface area contributed by atoms with E-state index in [0.29, 0.717) is 11.5 Å². The molecule has 0 atom stereocenters. The van der Waals surface area contributed by atoms with Crippen LogP contribution in [-0.4, -0.2) is 41.9 Å².